The highest BCUT2D eigenvalue weighted by molar-refractivity contribution is 5.87. The maximum atomic E-state index is 10.7. The maximum Gasteiger partial charge on any atom is 0.328 e. The Balaban J connectivity index is 3.12. The average Bonchev–Trinajstić information content (AvgIpc) is 2.71. The van der Waals surface area contributed by atoms with Gasteiger partial charge in [-0.2, -0.15) is 5.10 Å². The van der Waals surface area contributed by atoms with Crippen molar-refractivity contribution in [1.29, 1.82) is 0 Å². The highest BCUT2D eigenvalue weighted by atomic mass is 16.5. The lowest BCUT2D eigenvalue weighted by molar-refractivity contribution is -0.131. The number of aliphatic carboxylic acids is 1. The molecule has 0 aliphatic rings. The first-order valence-corrected chi connectivity index (χ1v) is 6.68. The third-order valence-corrected chi connectivity index (χ3v) is 3.06. The molecule has 0 spiro atoms. The van der Waals surface area contributed by atoms with Gasteiger partial charge in [0, 0.05) is 46.0 Å². The molecule has 0 saturated heterocycles. The summed E-state index contributed by atoms with van der Waals surface area (Å²) in [7, 11) is 5.13. The molecule has 0 unspecified atom stereocenters. The van der Waals surface area contributed by atoms with E-state index in [1.54, 1.807) is 25.0 Å². The van der Waals surface area contributed by atoms with Crippen LogP contribution in [0, 0.1) is 6.92 Å². The zero-order chi connectivity index (χ0) is 15.8. The van der Waals surface area contributed by atoms with Crippen LogP contribution in [0.3, 0.4) is 0 Å². The van der Waals surface area contributed by atoms with E-state index in [1.807, 2.05) is 14.0 Å². The molecule has 1 aromatic heterocycles. The van der Waals surface area contributed by atoms with Crippen LogP contribution < -0.4 is 4.90 Å². The van der Waals surface area contributed by atoms with Crippen molar-refractivity contribution in [2.75, 3.05) is 45.4 Å². The highest BCUT2D eigenvalue weighted by Gasteiger charge is 2.17. The van der Waals surface area contributed by atoms with Gasteiger partial charge in [0.1, 0.15) is 5.82 Å². The summed E-state index contributed by atoms with van der Waals surface area (Å²) in [5.41, 5.74) is 1.58. The quantitative estimate of drug-likeness (QED) is 0.683. The molecule has 0 amide bonds. The standard InChI is InChI=1S/C14H23N3O4/c1-11-12(5-6-13(18)19)14(16(2)15-11)17(7-9-20-3)8-10-21-4/h5-6H,7-10H2,1-4H3,(H,18,19). The van der Waals surface area contributed by atoms with Crippen molar-refractivity contribution in [3.8, 4) is 0 Å². The largest absolute Gasteiger partial charge is 0.478 e. The number of aromatic nitrogens is 2. The Hall–Kier alpha value is -1.86. The molecular formula is C14H23N3O4. The summed E-state index contributed by atoms with van der Waals surface area (Å²) in [5, 5.41) is 13.2. The van der Waals surface area contributed by atoms with Gasteiger partial charge < -0.3 is 19.5 Å². The van der Waals surface area contributed by atoms with Crippen molar-refractivity contribution in [2.24, 2.45) is 7.05 Å². The maximum absolute atomic E-state index is 10.7. The van der Waals surface area contributed by atoms with Crippen LogP contribution in [0.15, 0.2) is 6.08 Å². The van der Waals surface area contributed by atoms with Crippen LogP contribution in [0.4, 0.5) is 5.82 Å². The molecule has 7 heteroatoms. The van der Waals surface area contributed by atoms with E-state index < -0.39 is 5.97 Å². The summed E-state index contributed by atoms with van der Waals surface area (Å²) in [6, 6.07) is 0. The van der Waals surface area contributed by atoms with Gasteiger partial charge in [0.25, 0.3) is 0 Å². The number of carboxylic acids is 1. The number of carbonyl (C=O) groups is 1. The van der Waals surface area contributed by atoms with Crippen LogP contribution in [0.5, 0.6) is 0 Å². The monoisotopic (exact) mass is 297 g/mol. The van der Waals surface area contributed by atoms with Crippen LogP contribution in [-0.4, -0.2) is 61.4 Å². The van der Waals surface area contributed by atoms with E-state index in [2.05, 4.69) is 10.00 Å². The van der Waals surface area contributed by atoms with Gasteiger partial charge in [0.15, 0.2) is 0 Å². The second-order valence-corrected chi connectivity index (χ2v) is 4.59. The van der Waals surface area contributed by atoms with Gasteiger partial charge in [0.05, 0.1) is 18.9 Å². The third kappa shape index (κ3) is 4.87. The molecule has 1 rings (SSSR count). The van der Waals surface area contributed by atoms with Crippen molar-refractivity contribution >= 4 is 17.9 Å². The minimum Gasteiger partial charge on any atom is -0.478 e. The van der Waals surface area contributed by atoms with Crippen molar-refractivity contribution in [2.45, 2.75) is 6.92 Å². The molecule has 0 atom stereocenters. The second kappa shape index (κ2) is 8.43. The summed E-state index contributed by atoms with van der Waals surface area (Å²) >= 11 is 0. The van der Waals surface area contributed by atoms with Gasteiger partial charge in [-0.1, -0.05) is 0 Å². The molecule has 1 N–H and O–H groups in total. The first kappa shape index (κ1) is 17.2. The van der Waals surface area contributed by atoms with Gasteiger partial charge in [0.2, 0.25) is 0 Å². The van der Waals surface area contributed by atoms with E-state index in [1.165, 1.54) is 0 Å². The molecule has 0 saturated carbocycles. The first-order chi connectivity index (χ1) is 10.0. The Labute approximate surface area is 124 Å². The van der Waals surface area contributed by atoms with Crippen LogP contribution >= 0.6 is 0 Å². The zero-order valence-corrected chi connectivity index (χ0v) is 13.0. The molecule has 0 fully saturated rings. The lowest BCUT2D eigenvalue weighted by Gasteiger charge is -2.25. The minimum atomic E-state index is -0.982. The van der Waals surface area contributed by atoms with Crippen LogP contribution in [0.1, 0.15) is 11.3 Å². The lowest BCUT2D eigenvalue weighted by atomic mass is 10.2. The van der Waals surface area contributed by atoms with Crippen molar-refractivity contribution in [1.82, 2.24) is 9.78 Å². The molecule has 118 valence electrons. The van der Waals surface area contributed by atoms with Crippen LogP contribution in [0.25, 0.3) is 6.08 Å². The van der Waals surface area contributed by atoms with E-state index >= 15 is 0 Å². The number of anilines is 1. The number of hydrogen-bond acceptors (Lipinski definition) is 5. The summed E-state index contributed by atoms with van der Waals surface area (Å²) in [4.78, 5) is 12.8. The molecule has 0 bridgehead atoms. The highest BCUT2D eigenvalue weighted by Crippen LogP contribution is 2.24. The van der Waals surface area contributed by atoms with Crippen molar-refractivity contribution < 1.29 is 19.4 Å². The van der Waals surface area contributed by atoms with Gasteiger partial charge >= 0.3 is 5.97 Å². The molecule has 7 nitrogen and oxygen atoms in total. The SMILES string of the molecule is COCCN(CCOC)c1c(C=CC(=O)O)c(C)nn1C. The predicted molar refractivity (Wildman–Crippen MR) is 80.6 cm³/mol. The number of aryl methyl sites for hydroxylation is 2. The molecule has 0 radical (unpaired) electrons. The normalized spacial score (nSPS) is 11.2. The molecular weight excluding hydrogens is 274 g/mol. The van der Waals surface area contributed by atoms with E-state index in [9.17, 15) is 4.79 Å². The molecule has 1 heterocycles. The number of hydrogen-bond donors (Lipinski definition) is 1. The summed E-state index contributed by atoms with van der Waals surface area (Å²) < 4.78 is 12.0. The van der Waals surface area contributed by atoms with E-state index in [-0.39, 0.29) is 0 Å². The van der Waals surface area contributed by atoms with Crippen molar-refractivity contribution in [3.05, 3.63) is 17.3 Å². The van der Waals surface area contributed by atoms with Gasteiger partial charge in [-0.15, -0.1) is 0 Å². The molecule has 0 aliphatic carbocycles. The number of rotatable bonds is 9. The predicted octanol–water partition coefficient (Wildman–Crippen LogP) is 0.926. The fourth-order valence-corrected chi connectivity index (χ4v) is 2.11. The Morgan fingerprint density at radius 1 is 1.33 bits per heavy atom. The Morgan fingerprint density at radius 3 is 2.38 bits per heavy atom. The number of carboxylic acid groups (broad SMARTS) is 1. The van der Waals surface area contributed by atoms with E-state index in [0.717, 1.165) is 23.2 Å². The molecule has 0 aliphatic heterocycles. The topological polar surface area (TPSA) is 76.8 Å². The summed E-state index contributed by atoms with van der Waals surface area (Å²) in [6.45, 7) is 4.33. The fourth-order valence-electron chi connectivity index (χ4n) is 2.11. The van der Waals surface area contributed by atoms with E-state index in [0.29, 0.717) is 26.3 Å². The average molecular weight is 297 g/mol. The molecule has 1 aromatic rings. The van der Waals surface area contributed by atoms with Crippen LogP contribution in [-0.2, 0) is 21.3 Å². The molecule has 0 aromatic carbocycles. The number of ether oxygens (including phenoxy) is 2. The Kier molecular flexibility index (Phi) is 6.90. The summed E-state index contributed by atoms with van der Waals surface area (Å²) in [5.74, 6) is -0.122. The van der Waals surface area contributed by atoms with Gasteiger partial charge in [-0.05, 0) is 13.0 Å². The third-order valence-electron chi connectivity index (χ3n) is 3.06. The number of nitrogens with zero attached hydrogens (tertiary/aromatic N) is 3. The first-order valence-electron chi connectivity index (χ1n) is 6.68. The summed E-state index contributed by atoms with van der Waals surface area (Å²) in [6.07, 6.45) is 2.70. The molecule has 21 heavy (non-hydrogen) atoms. The lowest BCUT2D eigenvalue weighted by Crippen LogP contribution is -2.32. The van der Waals surface area contributed by atoms with Crippen LogP contribution in [0.2, 0.25) is 0 Å². The zero-order valence-electron chi connectivity index (χ0n) is 13.0. The Morgan fingerprint density at radius 2 is 1.90 bits per heavy atom. The second-order valence-electron chi connectivity index (χ2n) is 4.59. The number of methoxy groups -OCH3 is 2. The smallest absolute Gasteiger partial charge is 0.328 e. The van der Waals surface area contributed by atoms with Gasteiger partial charge in [-0.3, -0.25) is 4.68 Å². The van der Waals surface area contributed by atoms with E-state index in [4.69, 9.17) is 14.6 Å². The Bertz CT molecular complexity index is 489. The minimum absolute atomic E-state index is 0.566. The fraction of sp³-hybridized carbons (Fsp3) is 0.571. The van der Waals surface area contributed by atoms with Crippen molar-refractivity contribution in [3.63, 3.8) is 0 Å². The van der Waals surface area contributed by atoms with Gasteiger partial charge in [-0.25, -0.2) is 4.79 Å².